The number of hydrogen-bond acceptors (Lipinski definition) is 5. The van der Waals surface area contributed by atoms with Crippen LogP contribution in [0.1, 0.15) is 29.2 Å². The molecule has 2 fully saturated rings. The lowest BCUT2D eigenvalue weighted by Gasteiger charge is -2.34. The number of rotatable bonds is 4. The Bertz CT molecular complexity index is 1070. The summed E-state index contributed by atoms with van der Waals surface area (Å²) in [6.07, 6.45) is 4.16. The molecule has 0 radical (unpaired) electrons. The van der Waals surface area contributed by atoms with Crippen molar-refractivity contribution >= 4 is 29.2 Å². The summed E-state index contributed by atoms with van der Waals surface area (Å²) in [5, 5.41) is 7.00. The Morgan fingerprint density at radius 1 is 1.09 bits per heavy atom. The quantitative estimate of drug-likeness (QED) is 0.663. The van der Waals surface area contributed by atoms with Crippen LogP contribution in [0, 0.1) is 13.8 Å². The molecule has 0 spiro atoms. The largest absolute Gasteiger partial charge is 0.340 e. The van der Waals surface area contributed by atoms with Crippen molar-refractivity contribution in [2.75, 3.05) is 11.9 Å². The molecule has 0 aromatic heterocycles. The molecule has 0 bridgehead atoms. The van der Waals surface area contributed by atoms with Crippen LogP contribution >= 0.6 is 11.6 Å². The normalized spacial score (nSPS) is 24.0. The maximum atomic E-state index is 12.9. The number of anilines is 1. The van der Waals surface area contributed by atoms with Crippen molar-refractivity contribution in [2.45, 2.75) is 38.5 Å². The number of nitrogens with one attached hydrogen (secondary N) is 3. The first kappa shape index (κ1) is 20.8. The first-order valence-corrected chi connectivity index (χ1v) is 11.0. The number of halogens is 1. The van der Waals surface area contributed by atoms with E-state index < -0.39 is 0 Å². The lowest BCUT2D eigenvalue weighted by molar-refractivity contribution is -0.117. The van der Waals surface area contributed by atoms with Gasteiger partial charge < -0.3 is 10.3 Å². The van der Waals surface area contributed by atoms with Crippen molar-refractivity contribution in [2.24, 2.45) is 0 Å². The van der Waals surface area contributed by atoms with Crippen LogP contribution in [0.4, 0.5) is 10.5 Å². The average molecular weight is 453 g/mol. The van der Waals surface area contributed by atoms with Crippen molar-refractivity contribution in [3.05, 3.63) is 76.6 Å². The third kappa shape index (κ3) is 3.92. The molecule has 3 unspecified atom stereocenters. The van der Waals surface area contributed by atoms with E-state index >= 15 is 0 Å². The van der Waals surface area contributed by atoms with Crippen LogP contribution in [0.3, 0.4) is 0 Å². The van der Waals surface area contributed by atoms with Gasteiger partial charge in [-0.15, -0.1) is 0 Å². The van der Waals surface area contributed by atoms with E-state index in [1.807, 2.05) is 67.5 Å². The van der Waals surface area contributed by atoms with E-state index in [1.54, 1.807) is 11.1 Å². The molecule has 3 heterocycles. The van der Waals surface area contributed by atoms with Crippen molar-refractivity contribution in [3.63, 3.8) is 0 Å². The second-order valence-corrected chi connectivity index (χ2v) is 8.95. The molecule has 2 saturated heterocycles. The Balaban J connectivity index is 1.25. The predicted molar refractivity (Wildman–Crippen MR) is 122 cm³/mol. The van der Waals surface area contributed by atoms with Gasteiger partial charge in [0.1, 0.15) is 12.7 Å². The highest BCUT2D eigenvalue weighted by atomic mass is 35.5. The zero-order valence-electron chi connectivity index (χ0n) is 17.9. The maximum Gasteiger partial charge on any atom is 0.340 e. The molecule has 0 saturated carbocycles. The number of hydrazine groups is 2. The number of fused-ring (bicyclic) bond motifs is 3. The second kappa shape index (κ2) is 8.12. The van der Waals surface area contributed by atoms with Gasteiger partial charge in [-0.25, -0.2) is 20.7 Å². The number of amides is 3. The van der Waals surface area contributed by atoms with Gasteiger partial charge in [0.15, 0.2) is 0 Å². The summed E-state index contributed by atoms with van der Waals surface area (Å²) in [6, 6.07) is 13.5. The summed E-state index contributed by atoms with van der Waals surface area (Å²) >= 11 is 6.02. The van der Waals surface area contributed by atoms with Crippen LogP contribution in [-0.4, -0.2) is 45.6 Å². The number of hydrogen-bond donors (Lipinski definition) is 3. The molecule has 166 valence electrons. The summed E-state index contributed by atoms with van der Waals surface area (Å²) in [6.45, 7) is 3.89. The number of carbonyl (C=O) groups is 2. The fourth-order valence-corrected chi connectivity index (χ4v) is 4.76. The van der Waals surface area contributed by atoms with Crippen LogP contribution < -0.4 is 16.2 Å². The molecule has 5 rings (SSSR count). The monoisotopic (exact) mass is 452 g/mol. The highest BCUT2D eigenvalue weighted by Gasteiger charge is 2.48. The first-order valence-electron chi connectivity index (χ1n) is 10.6. The zero-order valence-corrected chi connectivity index (χ0v) is 18.6. The van der Waals surface area contributed by atoms with Gasteiger partial charge in [0.25, 0.3) is 0 Å². The number of aryl methyl sites for hydroxylation is 2. The van der Waals surface area contributed by atoms with E-state index in [9.17, 15) is 9.59 Å². The molecule has 3 aliphatic heterocycles. The number of nitrogens with zero attached hydrogens (tertiary/aromatic N) is 3. The van der Waals surface area contributed by atoms with Crippen molar-refractivity contribution in [1.29, 1.82) is 0 Å². The van der Waals surface area contributed by atoms with Gasteiger partial charge in [-0.05, 0) is 61.2 Å². The topological polar surface area (TPSA) is 80.0 Å². The van der Waals surface area contributed by atoms with Gasteiger partial charge in [0.2, 0.25) is 5.91 Å². The van der Waals surface area contributed by atoms with Gasteiger partial charge in [-0.1, -0.05) is 29.8 Å². The molecule has 3 amide bonds. The Morgan fingerprint density at radius 3 is 2.53 bits per heavy atom. The Morgan fingerprint density at radius 2 is 1.81 bits per heavy atom. The van der Waals surface area contributed by atoms with E-state index in [2.05, 4.69) is 16.2 Å². The van der Waals surface area contributed by atoms with Crippen molar-refractivity contribution < 1.29 is 9.59 Å². The van der Waals surface area contributed by atoms with Gasteiger partial charge >= 0.3 is 6.03 Å². The van der Waals surface area contributed by atoms with E-state index in [-0.39, 0.29) is 36.7 Å². The van der Waals surface area contributed by atoms with Gasteiger partial charge in [-0.3, -0.25) is 9.69 Å². The van der Waals surface area contributed by atoms with E-state index in [4.69, 9.17) is 11.6 Å². The number of urea groups is 1. The van der Waals surface area contributed by atoms with Gasteiger partial charge in [-0.2, -0.15) is 0 Å². The van der Waals surface area contributed by atoms with Gasteiger partial charge in [0.05, 0.1) is 12.1 Å². The Labute approximate surface area is 191 Å². The number of benzene rings is 2. The highest BCUT2D eigenvalue weighted by Crippen LogP contribution is 2.34. The smallest absolute Gasteiger partial charge is 0.324 e. The molecule has 9 heteroatoms. The molecule has 32 heavy (non-hydrogen) atoms. The van der Waals surface area contributed by atoms with Crippen LogP contribution in [0.5, 0.6) is 0 Å². The van der Waals surface area contributed by atoms with Crippen molar-refractivity contribution in [3.8, 4) is 0 Å². The molecule has 3 atom stereocenters. The fourth-order valence-electron chi connectivity index (χ4n) is 4.64. The van der Waals surface area contributed by atoms with E-state index in [0.717, 1.165) is 28.8 Å². The SMILES string of the molecule is Cc1cc(C)cc(NC(=O)CN2NC3C4CC(c5ccc(Cl)cc5)NN4C=CN3C2=O)c1. The summed E-state index contributed by atoms with van der Waals surface area (Å²) in [7, 11) is 0. The third-order valence-corrected chi connectivity index (χ3v) is 6.26. The molecule has 0 aliphatic carbocycles. The molecule has 2 aromatic carbocycles. The molecule has 2 aromatic rings. The lowest BCUT2D eigenvalue weighted by Crippen LogP contribution is -2.54. The molecular formula is C23H25ClN6O2. The average Bonchev–Trinajstić information content (AvgIpc) is 3.29. The Hall–Kier alpha value is -3.07. The second-order valence-electron chi connectivity index (χ2n) is 8.52. The predicted octanol–water partition coefficient (Wildman–Crippen LogP) is 3.27. The summed E-state index contributed by atoms with van der Waals surface area (Å²) in [4.78, 5) is 27.2. The number of carbonyl (C=O) groups excluding carboxylic acids is 2. The molecule has 3 N–H and O–H groups in total. The Kier molecular flexibility index (Phi) is 5.28. The zero-order chi connectivity index (χ0) is 22.4. The minimum Gasteiger partial charge on any atom is -0.324 e. The van der Waals surface area contributed by atoms with Crippen LogP contribution in [0.25, 0.3) is 0 Å². The lowest BCUT2D eigenvalue weighted by atomic mass is 10.00. The molecule has 3 aliphatic rings. The third-order valence-electron chi connectivity index (χ3n) is 6.01. The van der Waals surface area contributed by atoms with E-state index in [1.165, 1.54) is 5.01 Å². The standard InChI is InChI=1S/C23H25ClN6O2/c1-14-9-15(2)11-18(10-14)25-21(31)13-30-23(32)28-7-8-29-20(22(28)27-30)12-19(26-29)16-3-5-17(24)6-4-16/h3-11,19-20,22,26-27H,12-13H2,1-2H3,(H,25,31). The van der Waals surface area contributed by atoms with Crippen LogP contribution in [0.2, 0.25) is 5.02 Å². The van der Waals surface area contributed by atoms with Crippen LogP contribution in [0.15, 0.2) is 54.9 Å². The first-order chi connectivity index (χ1) is 15.4. The van der Waals surface area contributed by atoms with Crippen molar-refractivity contribution in [1.82, 2.24) is 25.8 Å². The fraction of sp³-hybridized carbons (Fsp3) is 0.304. The van der Waals surface area contributed by atoms with Gasteiger partial charge in [0, 0.05) is 23.1 Å². The van der Waals surface area contributed by atoms with E-state index in [0.29, 0.717) is 5.02 Å². The molecular weight excluding hydrogens is 428 g/mol. The minimum absolute atomic E-state index is 0.0251. The highest BCUT2D eigenvalue weighted by molar-refractivity contribution is 6.30. The maximum absolute atomic E-state index is 12.9. The summed E-state index contributed by atoms with van der Waals surface area (Å²) in [5.74, 6) is -0.250. The van der Waals surface area contributed by atoms with Crippen LogP contribution in [-0.2, 0) is 4.79 Å². The summed E-state index contributed by atoms with van der Waals surface area (Å²) in [5.41, 5.74) is 10.7. The molecule has 8 nitrogen and oxygen atoms in total. The summed E-state index contributed by atoms with van der Waals surface area (Å²) < 4.78 is 0. The minimum atomic E-state index is -0.258.